The first kappa shape index (κ1) is 18.3. The Labute approximate surface area is 175 Å². The maximum atomic E-state index is 11.5. The average molecular weight is 423 g/mol. The molecule has 1 amide bonds. The highest BCUT2D eigenvalue weighted by molar-refractivity contribution is 7.99. The molecule has 3 heterocycles. The van der Waals surface area contributed by atoms with Crippen LogP contribution in [0.25, 0.3) is 15.9 Å². The van der Waals surface area contributed by atoms with Crippen molar-refractivity contribution in [1.29, 1.82) is 0 Å². The van der Waals surface area contributed by atoms with E-state index in [9.17, 15) is 4.79 Å². The Bertz CT molecular complexity index is 1230. The minimum Gasteiger partial charge on any atom is -0.326 e. The minimum atomic E-state index is -0.0980. The molecule has 5 rings (SSSR count). The van der Waals surface area contributed by atoms with Gasteiger partial charge in [-0.25, -0.2) is 9.97 Å². The van der Waals surface area contributed by atoms with Gasteiger partial charge in [0.15, 0.2) is 0 Å². The van der Waals surface area contributed by atoms with Gasteiger partial charge in [0.05, 0.1) is 5.69 Å². The molecule has 7 nitrogen and oxygen atoms in total. The first-order valence-corrected chi connectivity index (χ1v) is 10.9. The number of nitrogens with zero attached hydrogens (tertiary/aromatic N) is 5. The van der Waals surface area contributed by atoms with Crippen LogP contribution in [0.1, 0.15) is 36.4 Å². The first-order chi connectivity index (χ1) is 14.1. The van der Waals surface area contributed by atoms with Gasteiger partial charge in [-0.3, -0.25) is 9.36 Å². The number of carbonyl (C=O) groups is 1. The van der Waals surface area contributed by atoms with Crippen LogP contribution < -0.4 is 5.32 Å². The number of anilines is 1. The summed E-state index contributed by atoms with van der Waals surface area (Å²) in [5, 5.41) is 14.5. The Hall–Kier alpha value is -2.78. The lowest BCUT2D eigenvalue weighted by Gasteiger charge is -2.11. The summed E-state index contributed by atoms with van der Waals surface area (Å²) >= 11 is 3.15. The molecule has 4 aromatic rings. The monoisotopic (exact) mass is 422 g/mol. The van der Waals surface area contributed by atoms with E-state index in [0.29, 0.717) is 5.92 Å². The second-order valence-corrected chi connectivity index (χ2v) is 9.23. The van der Waals surface area contributed by atoms with Gasteiger partial charge in [0.25, 0.3) is 0 Å². The van der Waals surface area contributed by atoms with Crippen molar-refractivity contribution in [3.8, 4) is 5.69 Å². The molecular formula is C20H18N6OS2. The number of hydrogen-bond donors (Lipinski definition) is 1. The highest BCUT2D eigenvalue weighted by Crippen LogP contribution is 2.42. The zero-order valence-electron chi connectivity index (χ0n) is 15.9. The molecule has 0 bridgehead atoms. The third-order valence-corrected chi connectivity index (χ3v) is 6.55. The van der Waals surface area contributed by atoms with Crippen LogP contribution in [-0.4, -0.2) is 30.6 Å². The van der Waals surface area contributed by atoms with Crippen LogP contribution in [0.4, 0.5) is 5.69 Å². The van der Waals surface area contributed by atoms with E-state index in [1.807, 2.05) is 24.3 Å². The molecule has 0 radical (unpaired) electrons. The van der Waals surface area contributed by atoms with Crippen LogP contribution in [0.15, 0.2) is 46.8 Å². The van der Waals surface area contributed by atoms with E-state index in [2.05, 4.69) is 43.0 Å². The molecule has 0 aliphatic heterocycles. The van der Waals surface area contributed by atoms with E-state index in [0.717, 1.165) is 50.4 Å². The number of fused-ring (bicyclic) bond motifs is 1. The second kappa shape index (κ2) is 7.23. The van der Waals surface area contributed by atoms with Crippen LogP contribution in [0.2, 0.25) is 0 Å². The smallest absolute Gasteiger partial charge is 0.221 e. The lowest BCUT2D eigenvalue weighted by molar-refractivity contribution is -0.114. The van der Waals surface area contributed by atoms with Gasteiger partial charge in [-0.2, -0.15) is 0 Å². The Morgan fingerprint density at radius 2 is 2.10 bits per heavy atom. The van der Waals surface area contributed by atoms with Crippen molar-refractivity contribution in [3.63, 3.8) is 0 Å². The summed E-state index contributed by atoms with van der Waals surface area (Å²) in [5.41, 5.74) is 1.68. The zero-order valence-corrected chi connectivity index (χ0v) is 17.5. The van der Waals surface area contributed by atoms with Gasteiger partial charge < -0.3 is 5.32 Å². The third-order valence-electron chi connectivity index (χ3n) is 4.63. The predicted molar refractivity (Wildman–Crippen MR) is 114 cm³/mol. The quantitative estimate of drug-likeness (QED) is 0.474. The van der Waals surface area contributed by atoms with Gasteiger partial charge in [-0.15, -0.1) is 21.5 Å². The van der Waals surface area contributed by atoms with E-state index < -0.39 is 0 Å². The van der Waals surface area contributed by atoms with Crippen LogP contribution in [-0.2, 0) is 4.79 Å². The fourth-order valence-corrected chi connectivity index (χ4v) is 5.07. The number of aryl methyl sites for hydroxylation is 1. The van der Waals surface area contributed by atoms with Crippen molar-refractivity contribution < 1.29 is 4.79 Å². The van der Waals surface area contributed by atoms with E-state index in [1.54, 1.807) is 17.7 Å². The molecule has 1 N–H and O–H groups in total. The molecule has 1 aliphatic carbocycles. The average Bonchev–Trinajstić information content (AvgIpc) is 3.32. The molecule has 0 saturated heterocycles. The molecule has 0 atom stereocenters. The van der Waals surface area contributed by atoms with Crippen LogP contribution in [0.5, 0.6) is 0 Å². The lowest BCUT2D eigenvalue weighted by Crippen LogP contribution is -2.07. The number of nitrogens with one attached hydrogen (secondary N) is 1. The topological polar surface area (TPSA) is 85.6 Å². The summed E-state index contributed by atoms with van der Waals surface area (Å²) in [6.45, 7) is 3.58. The van der Waals surface area contributed by atoms with E-state index in [1.165, 1.54) is 23.6 Å². The van der Waals surface area contributed by atoms with Gasteiger partial charge in [0.1, 0.15) is 22.0 Å². The molecule has 29 heavy (non-hydrogen) atoms. The van der Waals surface area contributed by atoms with Crippen molar-refractivity contribution >= 4 is 44.9 Å². The molecule has 9 heteroatoms. The summed E-state index contributed by atoms with van der Waals surface area (Å²) in [4.78, 5) is 22.5. The van der Waals surface area contributed by atoms with Crippen molar-refractivity contribution in [2.75, 3.05) is 5.32 Å². The standard InChI is InChI=1S/C20H18N6OS2/c1-11-8-16-18(28-11)21-10-22-19(16)29-20-25-24-17(13-6-7-13)26(20)15-5-3-4-14(9-15)23-12(2)27/h3-5,8-10,13H,6-7H2,1-2H3,(H,23,27). The zero-order chi connectivity index (χ0) is 20.0. The Balaban J connectivity index is 1.59. The highest BCUT2D eigenvalue weighted by Gasteiger charge is 2.31. The minimum absolute atomic E-state index is 0.0980. The molecule has 1 aliphatic rings. The molecule has 1 aromatic carbocycles. The van der Waals surface area contributed by atoms with Gasteiger partial charge in [0.2, 0.25) is 11.1 Å². The first-order valence-electron chi connectivity index (χ1n) is 9.31. The molecule has 1 saturated carbocycles. The van der Waals surface area contributed by atoms with Crippen molar-refractivity contribution in [2.45, 2.75) is 42.8 Å². The maximum absolute atomic E-state index is 11.5. The lowest BCUT2D eigenvalue weighted by atomic mass is 10.2. The van der Waals surface area contributed by atoms with Gasteiger partial charge in [-0.05, 0) is 55.8 Å². The number of carbonyl (C=O) groups excluding carboxylic acids is 1. The van der Waals surface area contributed by atoms with Crippen LogP contribution in [0.3, 0.4) is 0 Å². The largest absolute Gasteiger partial charge is 0.326 e. The SMILES string of the molecule is CC(=O)Nc1cccc(-n2c(Sc3ncnc4sc(C)cc34)nnc2C2CC2)c1. The Morgan fingerprint density at radius 3 is 2.90 bits per heavy atom. The number of rotatable bonds is 5. The van der Waals surface area contributed by atoms with E-state index in [4.69, 9.17) is 0 Å². The van der Waals surface area contributed by atoms with Crippen molar-refractivity contribution in [3.05, 3.63) is 47.4 Å². The van der Waals surface area contributed by atoms with E-state index >= 15 is 0 Å². The van der Waals surface area contributed by atoms with Crippen molar-refractivity contribution in [1.82, 2.24) is 24.7 Å². The van der Waals surface area contributed by atoms with Crippen molar-refractivity contribution in [2.24, 2.45) is 0 Å². The Kier molecular flexibility index (Phi) is 4.56. The van der Waals surface area contributed by atoms with Gasteiger partial charge in [-0.1, -0.05) is 6.07 Å². The molecule has 0 spiro atoms. The molecular weight excluding hydrogens is 404 g/mol. The summed E-state index contributed by atoms with van der Waals surface area (Å²) in [6, 6.07) is 9.87. The third kappa shape index (κ3) is 3.63. The highest BCUT2D eigenvalue weighted by atomic mass is 32.2. The van der Waals surface area contributed by atoms with Crippen LogP contribution >= 0.6 is 23.1 Å². The summed E-state index contributed by atoms with van der Waals surface area (Å²) in [7, 11) is 0. The van der Waals surface area contributed by atoms with E-state index in [-0.39, 0.29) is 5.91 Å². The van der Waals surface area contributed by atoms with Crippen LogP contribution in [0, 0.1) is 6.92 Å². The maximum Gasteiger partial charge on any atom is 0.221 e. The number of benzene rings is 1. The summed E-state index contributed by atoms with van der Waals surface area (Å²) in [6.07, 6.45) is 3.84. The number of amides is 1. The normalized spacial score (nSPS) is 13.7. The summed E-state index contributed by atoms with van der Waals surface area (Å²) < 4.78 is 2.08. The van der Waals surface area contributed by atoms with Gasteiger partial charge in [0, 0.05) is 28.8 Å². The van der Waals surface area contributed by atoms with Gasteiger partial charge >= 0.3 is 0 Å². The molecule has 146 valence electrons. The number of hydrogen-bond acceptors (Lipinski definition) is 7. The second-order valence-electron chi connectivity index (χ2n) is 7.04. The number of aromatic nitrogens is 5. The molecule has 0 unspecified atom stereocenters. The fourth-order valence-electron chi connectivity index (χ4n) is 3.24. The molecule has 3 aromatic heterocycles. The Morgan fingerprint density at radius 1 is 1.24 bits per heavy atom. The number of thiophene rings is 1. The summed E-state index contributed by atoms with van der Waals surface area (Å²) in [5.74, 6) is 1.29. The molecule has 1 fully saturated rings. The fraction of sp³-hybridized carbons (Fsp3) is 0.250. The predicted octanol–water partition coefficient (Wildman–Crippen LogP) is 4.57.